The highest BCUT2D eigenvalue weighted by Gasteiger charge is 2.33. The number of benzene rings is 1. The van der Waals surface area contributed by atoms with Crippen molar-refractivity contribution in [1.29, 1.82) is 0 Å². The Morgan fingerprint density at radius 1 is 1.50 bits per heavy atom. The Hall–Kier alpha value is -1.55. The van der Waals surface area contributed by atoms with Gasteiger partial charge < -0.3 is 14.9 Å². The lowest BCUT2D eigenvalue weighted by Crippen LogP contribution is -2.27. The van der Waals surface area contributed by atoms with Crippen LogP contribution in [-0.2, 0) is 11.2 Å². The molecule has 0 radical (unpaired) electrons. The van der Waals surface area contributed by atoms with Crippen molar-refractivity contribution in [1.82, 2.24) is 0 Å². The topological polar surface area (TPSA) is 66.8 Å². The summed E-state index contributed by atoms with van der Waals surface area (Å²) < 4.78 is 5.09. The SMILES string of the molecule is COc1ccc2c(c1)CC[C@H](C(=O)O)[C@@H]2O. The molecule has 0 aromatic heterocycles. The van der Waals surface area contributed by atoms with Gasteiger partial charge in [0.25, 0.3) is 0 Å². The smallest absolute Gasteiger partial charge is 0.309 e. The van der Waals surface area contributed by atoms with Gasteiger partial charge >= 0.3 is 5.97 Å². The van der Waals surface area contributed by atoms with Crippen molar-refractivity contribution in [3.8, 4) is 5.75 Å². The minimum Gasteiger partial charge on any atom is -0.497 e. The first kappa shape index (κ1) is 11.0. The highest BCUT2D eigenvalue weighted by atomic mass is 16.5. The molecule has 0 saturated heterocycles. The summed E-state index contributed by atoms with van der Waals surface area (Å²) in [6.07, 6.45) is 0.226. The van der Waals surface area contributed by atoms with E-state index < -0.39 is 18.0 Å². The van der Waals surface area contributed by atoms with Crippen molar-refractivity contribution in [2.45, 2.75) is 18.9 Å². The summed E-state index contributed by atoms with van der Waals surface area (Å²) in [6.45, 7) is 0. The van der Waals surface area contributed by atoms with Crippen LogP contribution >= 0.6 is 0 Å². The number of aliphatic hydroxyl groups excluding tert-OH is 1. The number of aryl methyl sites for hydroxylation is 1. The molecule has 0 aliphatic heterocycles. The lowest BCUT2D eigenvalue weighted by Gasteiger charge is -2.27. The van der Waals surface area contributed by atoms with E-state index in [1.807, 2.05) is 6.07 Å². The normalized spacial score (nSPS) is 23.6. The Morgan fingerprint density at radius 3 is 2.88 bits per heavy atom. The molecule has 1 aliphatic rings. The van der Waals surface area contributed by atoms with Crippen LogP contribution in [-0.4, -0.2) is 23.3 Å². The van der Waals surface area contributed by atoms with Crippen LogP contribution in [0.15, 0.2) is 18.2 Å². The van der Waals surface area contributed by atoms with Crippen LogP contribution in [0, 0.1) is 5.92 Å². The Morgan fingerprint density at radius 2 is 2.25 bits per heavy atom. The summed E-state index contributed by atoms with van der Waals surface area (Å²) in [4.78, 5) is 10.9. The van der Waals surface area contributed by atoms with E-state index in [1.54, 1.807) is 19.2 Å². The first-order chi connectivity index (χ1) is 7.63. The fourth-order valence-electron chi connectivity index (χ4n) is 2.16. The summed E-state index contributed by atoms with van der Waals surface area (Å²) in [7, 11) is 1.58. The molecule has 1 aliphatic carbocycles. The number of carbonyl (C=O) groups is 1. The number of hydrogen-bond acceptors (Lipinski definition) is 3. The third kappa shape index (κ3) is 1.76. The second-order valence-corrected chi connectivity index (χ2v) is 3.99. The van der Waals surface area contributed by atoms with E-state index in [-0.39, 0.29) is 0 Å². The lowest BCUT2D eigenvalue weighted by molar-refractivity contribution is -0.146. The van der Waals surface area contributed by atoms with Gasteiger partial charge in [-0.05, 0) is 36.1 Å². The molecule has 1 aromatic carbocycles. The third-order valence-corrected chi connectivity index (χ3v) is 3.09. The van der Waals surface area contributed by atoms with E-state index in [0.717, 1.165) is 11.3 Å². The van der Waals surface area contributed by atoms with E-state index >= 15 is 0 Å². The molecular formula is C12H14O4. The number of hydrogen-bond donors (Lipinski definition) is 2. The Bertz CT molecular complexity index is 413. The van der Waals surface area contributed by atoms with Crippen LogP contribution in [0.4, 0.5) is 0 Å². The molecule has 2 atom stereocenters. The largest absolute Gasteiger partial charge is 0.497 e. The number of ether oxygens (including phenoxy) is 1. The van der Waals surface area contributed by atoms with Crippen LogP contribution in [0.2, 0.25) is 0 Å². The molecular weight excluding hydrogens is 208 g/mol. The van der Waals surface area contributed by atoms with Crippen molar-refractivity contribution in [2.24, 2.45) is 5.92 Å². The molecule has 0 saturated carbocycles. The Balaban J connectivity index is 2.35. The van der Waals surface area contributed by atoms with Gasteiger partial charge in [0.15, 0.2) is 0 Å². The van der Waals surface area contributed by atoms with Crippen LogP contribution in [0.25, 0.3) is 0 Å². The quantitative estimate of drug-likeness (QED) is 0.793. The number of aliphatic carboxylic acids is 1. The molecule has 0 unspecified atom stereocenters. The summed E-state index contributed by atoms with van der Waals surface area (Å²) >= 11 is 0. The second kappa shape index (κ2) is 4.14. The van der Waals surface area contributed by atoms with Crippen molar-refractivity contribution in [3.05, 3.63) is 29.3 Å². The number of carboxylic acid groups (broad SMARTS) is 1. The van der Waals surface area contributed by atoms with E-state index in [9.17, 15) is 9.90 Å². The van der Waals surface area contributed by atoms with Crippen LogP contribution < -0.4 is 4.74 Å². The standard InChI is InChI=1S/C12H14O4/c1-16-8-3-5-9-7(6-8)2-4-10(11(9)13)12(14)15/h3,5-6,10-11,13H,2,4H2,1H3,(H,14,15)/t10-,11+/m0/s1. The van der Waals surface area contributed by atoms with Gasteiger partial charge in [-0.15, -0.1) is 0 Å². The molecule has 2 N–H and O–H groups in total. The molecule has 86 valence electrons. The fraction of sp³-hybridized carbons (Fsp3) is 0.417. The molecule has 0 fully saturated rings. The van der Waals surface area contributed by atoms with E-state index in [0.29, 0.717) is 18.4 Å². The predicted octanol–water partition coefficient (Wildman–Crippen LogP) is 1.38. The number of carboxylic acids is 1. The zero-order valence-corrected chi connectivity index (χ0v) is 9.01. The van der Waals surface area contributed by atoms with Gasteiger partial charge in [0.2, 0.25) is 0 Å². The zero-order valence-electron chi connectivity index (χ0n) is 9.01. The molecule has 0 spiro atoms. The van der Waals surface area contributed by atoms with Gasteiger partial charge in [-0.1, -0.05) is 6.07 Å². The Kier molecular flexibility index (Phi) is 2.83. The number of methoxy groups -OCH3 is 1. The molecule has 1 aromatic rings. The Labute approximate surface area is 93.5 Å². The first-order valence-corrected chi connectivity index (χ1v) is 5.21. The van der Waals surface area contributed by atoms with E-state index in [4.69, 9.17) is 9.84 Å². The fourth-order valence-corrected chi connectivity index (χ4v) is 2.16. The molecule has 16 heavy (non-hydrogen) atoms. The van der Waals surface area contributed by atoms with Gasteiger partial charge in [-0.2, -0.15) is 0 Å². The maximum atomic E-state index is 10.9. The highest BCUT2D eigenvalue weighted by Crippen LogP contribution is 2.36. The van der Waals surface area contributed by atoms with Crippen LogP contribution in [0.3, 0.4) is 0 Å². The number of rotatable bonds is 2. The van der Waals surface area contributed by atoms with Gasteiger partial charge in [0, 0.05) is 0 Å². The minimum atomic E-state index is -0.936. The molecule has 0 heterocycles. The first-order valence-electron chi connectivity index (χ1n) is 5.21. The van der Waals surface area contributed by atoms with E-state index in [1.165, 1.54) is 0 Å². The summed E-state index contributed by atoms with van der Waals surface area (Å²) in [6, 6.07) is 5.34. The second-order valence-electron chi connectivity index (χ2n) is 3.99. The van der Waals surface area contributed by atoms with Crippen molar-refractivity contribution < 1.29 is 19.7 Å². The molecule has 4 nitrogen and oxygen atoms in total. The lowest BCUT2D eigenvalue weighted by atomic mass is 9.81. The number of fused-ring (bicyclic) bond motifs is 1. The van der Waals surface area contributed by atoms with Crippen molar-refractivity contribution in [3.63, 3.8) is 0 Å². The van der Waals surface area contributed by atoms with Gasteiger partial charge in [-0.25, -0.2) is 0 Å². The van der Waals surface area contributed by atoms with Gasteiger partial charge in [0.05, 0.1) is 19.1 Å². The maximum absolute atomic E-state index is 10.9. The average Bonchev–Trinajstić information content (AvgIpc) is 2.28. The number of aliphatic hydroxyl groups is 1. The molecule has 0 bridgehead atoms. The van der Waals surface area contributed by atoms with Crippen LogP contribution in [0.1, 0.15) is 23.7 Å². The minimum absolute atomic E-state index is 0.469. The van der Waals surface area contributed by atoms with Crippen molar-refractivity contribution >= 4 is 5.97 Å². The average molecular weight is 222 g/mol. The van der Waals surface area contributed by atoms with Crippen molar-refractivity contribution in [2.75, 3.05) is 7.11 Å². The summed E-state index contributed by atoms with van der Waals surface area (Å²) in [5, 5.41) is 18.9. The summed E-state index contributed by atoms with van der Waals surface area (Å²) in [5.74, 6) is -0.894. The van der Waals surface area contributed by atoms with Gasteiger partial charge in [-0.3, -0.25) is 4.79 Å². The van der Waals surface area contributed by atoms with Gasteiger partial charge in [0.1, 0.15) is 5.75 Å². The predicted molar refractivity (Wildman–Crippen MR) is 57.4 cm³/mol. The third-order valence-electron chi connectivity index (χ3n) is 3.09. The van der Waals surface area contributed by atoms with Crippen LogP contribution in [0.5, 0.6) is 5.75 Å². The summed E-state index contributed by atoms with van der Waals surface area (Å²) in [5.41, 5.74) is 1.68. The monoisotopic (exact) mass is 222 g/mol. The molecule has 4 heteroatoms. The highest BCUT2D eigenvalue weighted by molar-refractivity contribution is 5.71. The maximum Gasteiger partial charge on any atom is 0.309 e. The molecule has 2 rings (SSSR count). The van der Waals surface area contributed by atoms with E-state index in [2.05, 4.69) is 0 Å². The zero-order chi connectivity index (χ0) is 11.7. The molecule has 0 amide bonds.